The van der Waals surface area contributed by atoms with Gasteiger partial charge in [-0.2, -0.15) is 0 Å². The molecule has 2 nitrogen and oxygen atoms in total. The molecule has 0 saturated heterocycles. The number of aryl methyl sites for hydroxylation is 1. The van der Waals surface area contributed by atoms with Crippen molar-refractivity contribution >= 4 is 10.9 Å². The normalized spacial score (nSPS) is 20.8. The van der Waals surface area contributed by atoms with Crippen molar-refractivity contribution in [2.75, 3.05) is 0 Å². The van der Waals surface area contributed by atoms with Gasteiger partial charge in [0.1, 0.15) is 0 Å². The zero-order chi connectivity index (χ0) is 8.84. The molecule has 0 bridgehead atoms. The Hall–Kier alpha value is -1.28. The van der Waals surface area contributed by atoms with Crippen molar-refractivity contribution in [3.05, 3.63) is 35.5 Å². The van der Waals surface area contributed by atoms with E-state index in [0.717, 1.165) is 12.8 Å². The van der Waals surface area contributed by atoms with Crippen molar-refractivity contribution in [2.24, 2.45) is 5.73 Å². The summed E-state index contributed by atoms with van der Waals surface area (Å²) >= 11 is 0. The number of rotatable bonds is 0. The van der Waals surface area contributed by atoms with E-state index in [1.807, 2.05) is 6.20 Å². The van der Waals surface area contributed by atoms with E-state index in [1.165, 1.54) is 22.0 Å². The highest BCUT2D eigenvalue weighted by atomic mass is 14.7. The highest BCUT2D eigenvalue weighted by molar-refractivity contribution is 5.84. The highest BCUT2D eigenvalue weighted by Gasteiger charge is 2.20. The van der Waals surface area contributed by atoms with Crippen molar-refractivity contribution in [2.45, 2.75) is 18.9 Å². The maximum atomic E-state index is 6.00. The average molecular weight is 172 g/mol. The lowest BCUT2D eigenvalue weighted by Crippen LogP contribution is -2.04. The van der Waals surface area contributed by atoms with E-state index in [9.17, 15) is 0 Å². The Morgan fingerprint density at radius 3 is 3.15 bits per heavy atom. The first-order valence-corrected chi connectivity index (χ1v) is 4.71. The molecule has 0 saturated carbocycles. The largest absolute Gasteiger partial charge is 0.361 e. The molecule has 13 heavy (non-hydrogen) atoms. The lowest BCUT2D eigenvalue weighted by molar-refractivity contribution is 0.713. The van der Waals surface area contributed by atoms with Gasteiger partial charge in [-0.1, -0.05) is 6.07 Å². The molecule has 2 heteroatoms. The second-order valence-electron chi connectivity index (χ2n) is 3.72. The fourth-order valence-electron chi connectivity index (χ4n) is 2.29. The lowest BCUT2D eigenvalue weighted by atomic mass is 10.0. The van der Waals surface area contributed by atoms with Crippen molar-refractivity contribution in [3.63, 3.8) is 0 Å². The van der Waals surface area contributed by atoms with Crippen molar-refractivity contribution in [1.29, 1.82) is 0 Å². The fourth-order valence-corrected chi connectivity index (χ4v) is 2.29. The molecule has 3 rings (SSSR count). The van der Waals surface area contributed by atoms with Crippen LogP contribution in [0.3, 0.4) is 0 Å². The molecular formula is C11H12N2. The van der Waals surface area contributed by atoms with Crippen LogP contribution in [0.25, 0.3) is 10.9 Å². The fraction of sp³-hybridized carbons (Fsp3) is 0.273. The Morgan fingerprint density at radius 1 is 1.31 bits per heavy atom. The summed E-state index contributed by atoms with van der Waals surface area (Å²) in [5.41, 5.74) is 10.0. The van der Waals surface area contributed by atoms with Crippen LogP contribution in [0.15, 0.2) is 24.4 Å². The molecule has 1 heterocycles. The SMILES string of the molecule is NC1CCc2c1ccc1[nH]ccc21. The van der Waals surface area contributed by atoms with E-state index >= 15 is 0 Å². The zero-order valence-corrected chi connectivity index (χ0v) is 7.38. The average Bonchev–Trinajstić information content (AvgIpc) is 2.70. The van der Waals surface area contributed by atoms with Crippen LogP contribution in [-0.4, -0.2) is 4.98 Å². The van der Waals surface area contributed by atoms with Gasteiger partial charge in [0.05, 0.1) is 0 Å². The summed E-state index contributed by atoms with van der Waals surface area (Å²) in [5, 5.41) is 1.35. The van der Waals surface area contributed by atoms with Gasteiger partial charge in [-0.15, -0.1) is 0 Å². The number of hydrogen-bond donors (Lipinski definition) is 2. The summed E-state index contributed by atoms with van der Waals surface area (Å²) in [5.74, 6) is 0. The van der Waals surface area contributed by atoms with Crippen LogP contribution in [0.2, 0.25) is 0 Å². The third-order valence-electron chi connectivity index (χ3n) is 2.99. The highest BCUT2D eigenvalue weighted by Crippen LogP contribution is 2.34. The minimum atomic E-state index is 0.259. The van der Waals surface area contributed by atoms with Gasteiger partial charge in [0.25, 0.3) is 0 Å². The van der Waals surface area contributed by atoms with Gasteiger partial charge in [0, 0.05) is 23.1 Å². The molecule has 0 radical (unpaired) electrons. The van der Waals surface area contributed by atoms with Gasteiger partial charge in [-0.05, 0) is 36.1 Å². The summed E-state index contributed by atoms with van der Waals surface area (Å²) in [6.07, 6.45) is 4.22. The molecule has 1 unspecified atom stereocenters. The van der Waals surface area contributed by atoms with Crippen LogP contribution in [0.5, 0.6) is 0 Å². The van der Waals surface area contributed by atoms with Gasteiger partial charge in [-0.25, -0.2) is 0 Å². The van der Waals surface area contributed by atoms with Crippen LogP contribution in [0.4, 0.5) is 0 Å². The van der Waals surface area contributed by atoms with Gasteiger partial charge in [-0.3, -0.25) is 0 Å². The van der Waals surface area contributed by atoms with Gasteiger partial charge >= 0.3 is 0 Å². The molecule has 0 spiro atoms. The number of H-pyrrole nitrogens is 1. The first kappa shape index (κ1) is 7.15. The van der Waals surface area contributed by atoms with Crippen LogP contribution >= 0.6 is 0 Å². The first-order chi connectivity index (χ1) is 6.36. The smallest absolute Gasteiger partial charge is 0.0456 e. The second kappa shape index (κ2) is 2.36. The number of nitrogens with one attached hydrogen (secondary N) is 1. The number of fused-ring (bicyclic) bond motifs is 3. The predicted octanol–water partition coefficient (Wildman–Crippen LogP) is 2.11. The molecule has 1 aromatic heterocycles. The van der Waals surface area contributed by atoms with Crippen LogP contribution in [0, 0.1) is 0 Å². The predicted molar refractivity (Wildman–Crippen MR) is 53.5 cm³/mol. The first-order valence-electron chi connectivity index (χ1n) is 4.71. The molecule has 0 fully saturated rings. The topological polar surface area (TPSA) is 41.8 Å². The summed E-state index contributed by atoms with van der Waals surface area (Å²) in [4.78, 5) is 3.22. The Labute approximate surface area is 76.8 Å². The standard InChI is InChI=1S/C11H12N2/c12-10-3-1-7-8(10)2-4-11-9(7)5-6-13-11/h2,4-6,10,13H,1,3,12H2. The Balaban J connectivity index is 2.39. The third-order valence-corrected chi connectivity index (χ3v) is 2.99. The van der Waals surface area contributed by atoms with Crippen molar-refractivity contribution in [1.82, 2.24) is 4.98 Å². The molecular weight excluding hydrogens is 160 g/mol. The Kier molecular flexibility index (Phi) is 1.30. The molecule has 66 valence electrons. The molecule has 0 aliphatic heterocycles. The monoisotopic (exact) mass is 172 g/mol. The minimum absolute atomic E-state index is 0.259. The van der Waals surface area contributed by atoms with Crippen molar-refractivity contribution in [3.8, 4) is 0 Å². The molecule has 1 atom stereocenters. The van der Waals surface area contributed by atoms with E-state index in [2.05, 4.69) is 23.2 Å². The summed E-state index contributed by atoms with van der Waals surface area (Å²) in [6.45, 7) is 0. The molecule has 1 aliphatic carbocycles. The molecule has 3 N–H and O–H groups in total. The van der Waals surface area contributed by atoms with Gasteiger partial charge < -0.3 is 10.7 Å². The van der Waals surface area contributed by atoms with E-state index in [4.69, 9.17) is 5.73 Å². The number of nitrogens with two attached hydrogens (primary N) is 1. The van der Waals surface area contributed by atoms with Crippen LogP contribution < -0.4 is 5.73 Å². The number of benzene rings is 1. The van der Waals surface area contributed by atoms with E-state index < -0.39 is 0 Å². The summed E-state index contributed by atoms with van der Waals surface area (Å²) in [7, 11) is 0. The summed E-state index contributed by atoms with van der Waals surface area (Å²) in [6, 6.07) is 6.69. The van der Waals surface area contributed by atoms with E-state index in [-0.39, 0.29) is 6.04 Å². The molecule has 1 aromatic carbocycles. The van der Waals surface area contributed by atoms with Crippen LogP contribution in [0.1, 0.15) is 23.6 Å². The molecule has 1 aliphatic rings. The Morgan fingerprint density at radius 2 is 2.23 bits per heavy atom. The quantitative estimate of drug-likeness (QED) is 0.628. The zero-order valence-electron chi connectivity index (χ0n) is 7.38. The third kappa shape index (κ3) is 0.864. The maximum Gasteiger partial charge on any atom is 0.0456 e. The van der Waals surface area contributed by atoms with Crippen molar-refractivity contribution < 1.29 is 0 Å². The van der Waals surface area contributed by atoms with E-state index in [0.29, 0.717) is 0 Å². The second-order valence-corrected chi connectivity index (χ2v) is 3.72. The minimum Gasteiger partial charge on any atom is -0.361 e. The van der Waals surface area contributed by atoms with Gasteiger partial charge in [0.2, 0.25) is 0 Å². The van der Waals surface area contributed by atoms with E-state index in [1.54, 1.807) is 0 Å². The maximum absolute atomic E-state index is 6.00. The molecule has 2 aromatic rings. The Bertz CT molecular complexity index is 456. The number of aromatic nitrogens is 1. The van der Waals surface area contributed by atoms with Crippen LogP contribution in [-0.2, 0) is 6.42 Å². The lowest BCUT2D eigenvalue weighted by Gasteiger charge is -2.04. The number of aromatic amines is 1. The molecule has 0 amide bonds. The van der Waals surface area contributed by atoms with Gasteiger partial charge in [0.15, 0.2) is 0 Å². The number of hydrogen-bond acceptors (Lipinski definition) is 1. The summed E-state index contributed by atoms with van der Waals surface area (Å²) < 4.78 is 0.